The SMILES string of the molecule is Cc1ccc(C)c(S(=O)(=O)N(C)CC(=O)Nc2nncs2)c1. The van der Waals surface area contributed by atoms with E-state index in [1.54, 1.807) is 19.1 Å². The topological polar surface area (TPSA) is 92.3 Å². The first-order valence-corrected chi connectivity index (χ1v) is 8.72. The third kappa shape index (κ3) is 3.67. The summed E-state index contributed by atoms with van der Waals surface area (Å²) >= 11 is 1.16. The van der Waals surface area contributed by atoms with Crippen molar-refractivity contribution in [2.24, 2.45) is 0 Å². The molecule has 0 bridgehead atoms. The third-order valence-electron chi connectivity index (χ3n) is 3.00. The Kier molecular flexibility index (Phi) is 4.89. The minimum absolute atomic E-state index is 0.207. The van der Waals surface area contributed by atoms with E-state index in [4.69, 9.17) is 0 Å². The molecule has 1 aromatic heterocycles. The lowest BCUT2D eigenvalue weighted by atomic mass is 10.2. The summed E-state index contributed by atoms with van der Waals surface area (Å²) in [6.45, 7) is 3.25. The number of hydrogen-bond acceptors (Lipinski definition) is 6. The largest absolute Gasteiger partial charge is 0.299 e. The smallest absolute Gasteiger partial charge is 0.243 e. The molecule has 0 radical (unpaired) electrons. The average molecular weight is 340 g/mol. The molecule has 1 heterocycles. The number of hydrogen-bond donors (Lipinski definition) is 1. The molecule has 1 N–H and O–H groups in total. The molecule has 0 unspecified atom stereocenters. The molecule has 2 rings (SSSR count). The van der Waals surface area contributed by atoms with Crippen LogP contribution in [0.3, 0.4) is 0 Å². The van der Waals surface area contributed by atoms with E-state index in [-0.39, 0.29) is 11.4 Å². The first-order valence-electron chi connectivity index (χ1n) is 6.40. The van der Waals surface area contributed by atoms with Gasteiger partial charge in [0.1, 0.15) is 5.51 Å². The number of nitrogens with one attached hydrogen (secondary N) is 1. The summed E-state index contributed by atoms with van der Waals surface area (Å²) in [7, 11) is -2.35. The van der Waals surface area contributed by atoms with Gasteiger partial charge in [-0.1, -0.05) is 23.5 Å². The van der Waals surface area contributed by atoms with Gasteiger partial charge in [-0.05, 0) is 31.0 Å². The lowest BCUT2D eigenvalue weighted by Crippen LogP contribution is -2.35. The Hall–Kier alpha value is -1.84. The van der Waals surface area contributed by atoms with Crippen LogP contribution in [0.5, 0.6) is 0 Å². The molecule has 2 aromatic rings. The molecule has 9 heteroatoms. The Morgan fingerprint density at radius 3 is 2.73 bits per heavy atom. The van der Waals surface area contributed by atoms with Crippen LogP contribution in [0.4, 0.5) is 5.13 Å². The number of carbonyl (C=O) groups is 1. The van der Waals surface area contributed by atoms with Crippen LogP contribution in [0.2, 0.25) is 0 Å². The van der Waals surface area contributed by atoms with Gasteiger partial charge in [0.15, 0.2) is 0 Å². The van der Waals surface area contributed by atoms with Crippen LogP contribution in [0.25, 0.3) is 0 Å². The first-order chi connectivity index (χ1) is 10.3. The van der Waals surface area contributed by atoms with Crippen LogP contribution in [0.1, 0.15) is 11.1 Å². The number of anilines is 1. The molecule has 0 spiro atoms. The van der Waals surface area contributed by atoms with Crippen LogP contribution in [-0.2, 0) is 14.8 Å². The molecule has 1 aromatic carbocycles. The average Bonchev–Trinajstić information content (AvgIpc) is 2.93. The Morgan fingerprint density at radius 2 is 2.09 bits per heavy atom. The highest BCUT2D eigenvalue weighted by atomic mass is 32.2. The zero-order chi connectivity index (χ0) is 16.3. The fourth-order valence-corrected chi connectivity index (χ4v) is 3.72. The van der Waals surface area contributed by atoms with E-state index in [1.165, 1.54) is 12.6 Å². The number of aromatic nitrogens is 2. The molecule has 118 valence electrons. The Bertz CT molecular complexity index is 773. The maximum absolute atomic E-state index is 12.6. The normalized spacial score (nSPS) is 11.6. The summed E-state index contributed by atoms with van der Waals surface area (Å²) in [5.41, 5.74) is 2.96. The van der Waals surface area contributed by atoms with E-state index >= 15 is 0 Å². The van der Waals surface area contributed by atoms with Gasteiger partial charge in [-0.3, -0.25) is 10.1 Å². The van der Waals surface area contributed by atoms with Gasteiger partial charge in [-0.15, -0.1) is 10.2 Å². The summed E-state index contributed by atoms with van der Waals surface area (Å²) in [6.07, 6.45) is 0. The zero-order valence-electron chi connectivity index (χ0n) is 12.4. The highest BCUT2D eigenvalue weighted by molar-refractivity contribution is 7.89. The monoisotopic (exact) mass is 340 g/mol. The highest BCUT2D eigenvalue weighted by Gasteiger charge is 2.25. The quantitative estimate of drug-likeness (QED) is 0.888. The van der Waals surface area contributed by atoms with E-state index < -0.39 is 15.9 Å². The molecule has 0 saturated carbocycles. The maximum atomic E-state index is 12.6. The minimum Gasteiger partial charge on any atom is -0.299 e. The second kappa shape index (κ2) is 6.51. The van der Waals surface area contributed by atoms with E-state index in [0.29, 0.717) is 10.7 Å². The second-order valence-electron chi connectivity index (χ2n) is 4.82. The number of amides is 1. The van der Waals surface area contributed by atoms with Crippen LogP contribution in [-0.4, -0.2) is 42.4 Å². The van der Waals surface area contributed by atoms with Crippen LogP contribution in [0.15, 0.2) is 28.6 Å². The molecule has 0 aliphatic rings. The highest BCUT2D eigenvalue weighted by Crippen LogP contribution is 2.20. The molecule has 0 fully saturated rings. The number of carbonyl (C=O) groups excluding carboxylic acids is 1. The summed E-state index contributed by atoms with van der Waals surface area (Å²) in [5.74, 6) is -0.465. The second-order valence-corrected chi connectivity index (χ2v) is 7.67. The van der Waals surface area contributed by atoms with Crippen LogP contribution in [0, 0.1) is 13.8 Å². The standard InChI is InChI=1S/C13H16N4O3S2/c1-9-4-5-10(2)11(6-9)22(19,20)17(3)7-12(18)15-13-16-14-8-21-13/h4-6,8H,7H2,1-3H3,(H,15,16,18). The Morgan fingerprint density at radius 1 is 1.36 bits per heavy atom. The van der Waals surface area contributed by atoms with Crippen molar-refractivity contribution in [3.63, 3.8) is 0 Å². The Labute approximate surface area is 133 Å². The van der Waals surface area contributed by atoms with Gasteiger partial charge in [0, 0.05) is 7.05 Å². The van der Waals surface area contributed by atoms with Gasteiger partial charge >= 0.3 is 0 Å². The first kappa shape index (κ1) is 16.5. The lowest BCUT2D eigenvalue weighted by Gasteiger charge is -2.18. The van der Waals surface area contributed by atoms with Crippen molar-refractivity contribution >= 4 is 32.4 Å². The van der Waals surface area contributed by atoms with Crippen molar-refractivity contribution in [3.05, 3.63) is 34.8 Å². The molecule has 0 aliphatic carbocycles. The Balaban J connectivity index is 2.15. The van der Waals surface area contributed by atoms with Gasteiger partial charge in [0.2, 0.25) is 21.1 Å². The third-order valence-corrected chi connectivity index (χ3v) is 5.56. The van der Waals surface area contributed by atoms with E-state index in [1.807, 2.05) is 13.0 Å². The molecular formula is C13H16N4O3S2. The maximum Gasteiger partial charge on any atom is 0.243 e. The minimum atomic E-state index is -3.73. The molecule has 0 aliphatic heterocycles. The van der Waals surface area contributed by atoms with Gasteiger partial charge in [-0.25, -0.2) is 8.42 Å². The van der Waals surface area contributed by atoms with E-state index in [0.717, 1.165) is 21.2 Å². The van der Waals surface area contributed by atoms with Crippen LogP contribution < -0.4 is 5.32 Å². The number of nitrogens with zero attached hydrogens (tertiary/aromatic N) is 3. The number of rotatable bonds is 5. The van der Waals surface area contributed by atoms with Crippen molar-refractivity contribution in [2.45, 2.75) is 18.7 Å². The lowest BCUT2D eigenvalue weighted by molar-refractivity contribution is -0.116. The van der Waals surface area contributed by atoms with Crippen molar-refractivity contribution < 1.29 is 13.2 Å². The molecule has 7 nitrogen and oxygen atoms in total. The van der Waals surface area contributed by atoms with Crippen molar-refractivity contribution in [3.8, 4) is 0 Å². The van der Waals surface area contributed by atoms with Crippen molar-refractivity contribution in [2.75, 3.05) is 18.9 Å². The molecule has 1 amide bonds. The molecular weight excluding hydrogens is 324 g/mol. The van der Waals surface area contributed by atoms with E-state index in [2.05, 4.69) is 15.5 Å². The number of likely N-dealkylation sites (N-methyl/N-ethyl adjacent to an activating group) is 1. The van der Waals surface area contributed by atoms with Crippen LogP contribution >= 0.6 is 11.3 Å². The number of benzene rings is 1. The molecule has 0 atom stereocenters. The molecule has 0 saturated heterocycles. The predicted octanol–water partition coefficient (Wildman–Crippen LogP) is 1.41. The van der Waals surface area contributed by atoms with Gasteiger partial charge in [-0.2, -0.15) is 4.31 Å². The van der Waals surface area contributed by atoms with Crippen molar-refractivity contribution in [1.82, 2.24) is 14.5 Å². The fraction of sp³-hybridized carbons (Fsp3) is 0.308. The number of sulfonamides is 1. The predicted molar refractivity (Wildman–Crippen MR) is 84.3 cm³/mol. The number of aryl methyl sites for hydroxylation is 2. The van der Waals surface area contributed by atoms with Crippen molar-refractivity contribution in [1.29, 1.82) is 0 Å². The van der Waals surface area contributed by atoms with Gasteiger partial charge < -0.3 is 0 Å². The van der Waals surface area contributed by atoms with Gasteiger partial charge in [0.25, 0.3) is 0 Å². The summed E-state index contributed by atoms with van der Waals surface area (Å²) in [5, 5.41) is 10.1. The summed E-state index contributed by atoms with van der Waals surface area (Å²) in [6, 6.07) is 5.19. The fourth-order valence-electron chi connectivity index (χ4n) is 1.83. The summed E-state index contributed by atoms with van der Waals surface area (Å²) in [4.78, 5) is 12.1. The summed E-state index contributed by atoms with van der Waals surface area (Å²) < 4.78 is 26.1. The van der Waals surface area contributed by atoms with Gasteiger partial charge in [0.05, 0.1) is 11.4 Å². The zero-order valence-corrected chi connectivity index (χ0v) is 14.0. The molecule has 22 heavy (non-hydrogen) atoms. The van der Waals surface area contributed by atoms with E-state index in [9.17, 15) is 13.2 Å².